The van der Waals surface area contributed by atoms with Crippen LogP contribution in [0.1, 0.15) is 5.56 Å². The van der Waals surface area contributed by atoms with Gasteiger partial charge < -0.3 is 0 Å². The topological polar surface area (TPSA) is 46.1 Å². The first-order chi connectivity index (χ1) is 12.1. The molecule has 1 aliphatic rings. The Labute approximate surface area is 158 Å². The Morgan fingerprint density at radius 1 is 1.12 bits per heavy atom. The Hall–Kier alpha value is -2.28. The molecule has 0 radical (unpaired) electrons. The average molecular weight is 384 g/mol. The molecule has 1 fully saturated rings. The van der Waals surface area contributed by atoms with Crippen molar-refractivity contribution in [1.82, 2.24) is 9.97 Å². The van der Waals surface area contributed by atoms with Crippen molar-refractivity contribution in [3.8, 4) is 0 Å². The molecule has 2 aromatic carbocycles. The molecule has 3 aromatic rings. The maximum absolute atomic E-state index is 12.8. The quantitative estimate of drug-likeness (QED) is 0.474. The number of halogens is 1. The molecule has 0 atom stereocenters. The van der Waals surface area contributed by atoms with Crippen molar-refractivity contribution >= 4 is 68.6 Å². The summed E-state index contributed by atoms with van der Waals surface area (Å²) in [6, 6.07) is 12.8. The van der Waals surface area contributed by atoms with E-state index in [2.05, 4.69) is 9.97 Å². The maximum Gasteiger partial charge on any atom is 0.270 e. The smallest absolute Gasteiger partial charge is 0.268 e. The van der Waals surface area contributed by atoms with Crippen molar-refractivity contribution in [3.05, 3.63) is 70.3 Å². The van der Waals surface area contributed by atoms with Gasteiger partial charge in [0.1, 0.15) is 0 Å². The van der Waals surface area contributed by atoms with Gasteiger partial charge in [0.25, 0.3) is 5.91 Å². The van der Waals surface area contributed by atoms with E-state index in [0.717, 1.165) is 16.6 Å². The molecule has 7 heteroatoms. The van der Waals surface area contributed by atoms with Gasteiger partial charge in [0, 0.05) is 23.0 Å². The fraction of sp³-hybridized carbons (Fsp3) is 0. The predicted molar refractivity (Wildman–Crippen MR) is 107 cm³/mol. The molecule has 0 spiro atoms. The Kier molecular flexibility index (Phi) is 4.25. The monoisotopic (exact) mass is 383 g/mol. The number of carbonyl (C=O) groups excluding carboxylic acids is 1. The van der Waals surface area contributed by atoms with Gasteiger partial charge in [0.2, 0.25) is 0 Å². The summed E-state index contributed by atoms with van der Waals surface area (Å²) in [6.07, 6.45) is 5.09. The number of fused-ring (bicyclic) bond motifs is 1. The third kappa shape index (κ3) is 3.04. The van der Waals surface area contributed by atoms with Crippen LogP contribution in [-0.2, 0) is 4.79 Å². The summed E-state index contributed by atoms with van der Waals surface area (Å²) in [5, 5.41) is 0.555. The van der Waals surface area contributed by atoms with Gasteiger partial charge >= 0.3 is 0 Å². The van der Waals surface area contributed by atoms with Crippen molar-refractivity contribution in [2.75, 3.05) is 4.90 Å². The lowest BCUT2D eigenvalue weighted by Crippen LogP contribution is -2.27. The molecule has 0 saturated carbocycles. The van der Waals surface area contributed by atoms with E-state index >= 15 is 0 Å². The number of anilines is 1. The van der Waals surface area contributed by atoms with E-state index in [1.165, 1.54) is 16.7 Å². The molecule has 2 heterocycles. The number of nitrogens with zero attached hydrogens (tertiary/aromatic N) is 3. The number of benzene rings is 2. The van der Waals surface area contributed by atoms with Crippen molar-refractivity contribution in [2.24, 2.45) is 0 Å². The van der Waals surface area contributed by atoms with Gasteiger partial charge in [-0.15, -0.1) is 0 Å². The summed E-state index contributed by atoms with van der Waals surface area (Å²) in [7, 11) is 0. The molecule has 1 aromatic heterocycles. The number of amides is 1. The van der Waals surface area contributed by atoms with Crippen LogP contribution in [0.2, 0.25) is 5.02 Å². The number of para-hydroxylation sites is 1. The number of carbonyl (C=O) groups is 1. The highest BCUT2D eigenvalue weighted by molar-refractivity contribution is 8.27. The standard InChI is InChI=1S/C18H10ClN3OS2/c19-12-4-2-5-13(10-12)22-17(23)15(25-18(22)24)9-11-3-1-6-14-16(11)21-8-7-20-14/h1-10H/b15-9-. The highest BCUT2D eigenvalue weighted by atomic mass is 35.5. The fourth-order valence-electron chi connectivity index (χ4n) is 2.58. The average Bonchev–Trinajstić information content (AvgIpc) is 2.89. The number of rotatable bonds is 2. The lowest BCUT2D eigenvalue weighted by atomic mass is 10.1. The van der Waals surface area contributed by atoms with Crippen molar-refractivity contribution in [1.29, 1.82) is 0 Å². The van der Waals surface area contributed by atoms with Crippen molar-refractivity contribution < 1.29 is 4.79 Å². The first-order valence-corrected chi connectivity index (χ1v) is 8.97. The van der Waals surface area contributed by atoms with Crippen LogP contribution in [0.4, 0.5) is 5.69 Å². The largest absolute Gasteiger partial charge is 0.270 e. The van der Waals surface area contributed by atoms with Gasteiger partial charge in [-0.3, -0.25) is 19.7 Å². The second kappa shape index (κ2) is 6.55. The first kappa shape index (κ1) is 16.2. The number of thioether (sulfide) groups is 1. The van der Waals surface area contributed by atoms with Crippen molar-refractivity contribution in [2.45, 2.75) is 0 Å². The first-order valence-electron chi connectivity index (χ1n) is 7.37. The van der Waals surface area contributed by atoms with E-state index < -0.39 is 0 Å². The lowest BCUT2D eigenvalue weighted by molar-refractivity contribution is -0.113. The van der Waals surface area contributed by atoms with Crippen LogP contribution >= 0.6 is 35.6 Å². The number of thiocarbonyl (C=S) groups is 1. The maximum atomic E-state index is 12.8. The number of aromatic nitrogens is 2. The number of hydrogen-bond donors (Lipinski definition) is 0. The van der Waals surface area contributed by atoms with Gasteiger partial charge in [0.15, 0.2) is 4.32 Å². The third-order valence-corrected chi connectivity index (χ3v) is 5.21. The summed E-state index contributed by atoms with van der Waals surface area (Å²) in [5.74, 6) is -0.168. The number of hydrogen-bond acceptors (Lipinski definition) is 5. The highest BCUT2D eigenvalue weighted by Gasteiger charge is 2.33. The van der Waals surface area contributed by atoms with Crippen LogP contribution in [0.3, 0.4) is 0 Å². The summed E-state index contributed by atoms with van der Waals surface area (Å²) >= 11 is 12.7. The molecule has 4 nitrogen and oxygen atoms in total. The zero-order valence-corrected chi connectivity index (χ0v) is 15.1. The zero-order valence-electron chi connectivity index (χ0n) is 12.7. The molecule has 4 rings (SSSR count). The minimum Gasteiger partial charge on any atom is -0.268 e. The molecular weight excluding hydrogens is 374 g/mol. The Morgan fingerprint density at radius 2 is 1.92 bits per heavy atom. The molecule has 0 bridgehead atoms. The van der Waals surface area contributed by atoms with E-state index in [4.69, 9.17) is 23.8 Å². The van der Waals surface area contributed by atoms with Gasteiger partial charge in [-0.1, -0.05) is 53.8 Å². The summed E-state index contributed by atoms with van der Waals surface area (Å²) < 4.78 is 0.477. The normalized spacial score (nSPS) is 16.2. The predicted octanol–water partition coefficient (Wildman–Crippen LogP) is 4.69. The molecule has 0 aliphatic carbocycles. The molecule has 1 saturated heterocycles. The third-order valence-electron chi connectivity index (χ3n) is 3.68. The summed E-state index contributed by atoms with van der Waals surface area (Å²) in [4.78, 5) is 23.5. The Balaban J connectivity index is 1.75. The minimum atomic E-state index is -0.168. The summed E-state index contributed by atoms with van der Waals surface area (Å²) in [5.41, 5.74) is 3.02. The Bertz CT molecular complexity index is 1050. The van der Waals surface area contributed by atoms with Gasteiger partial charge in [-0.05, 0) is 30.3 Å². The van der Waals surface area contributed by atoms with Crippen LogP contribution < -0.4 is 4.90 Å². The zero-order chi connectivity index (χ0) is 17.4. The second-order valence-corrected chi connectivity index (χ2v) is 7.38. The van der Waals surface area contributed by atoms with Crippen LogP contribution in [0.25, 0.3) is 17.1 Å². The van der Waals surface area contributed by atoms with E-state index in [1.807, 2.05) is 24.3 Å². The molecule has 25 heavy (non-hydrogen) atoms. The molecule has 0 unspecified atom stereocenters. The lowest BCUT2D eigenvalue weighted by Gasteiger charge is -2.14. The fourth-order valence-corrected chi connectivity index (χ4v) is 4.05. The Morgan fingerprint density at radius 3 is 2.76 bits per heavy atom. The summed E-state index contributed by atoms with van der Waals surface area (Å²) in [6.45, 7) is 0. The minimum absolute atomic E-state index is 0.168. The van der Waals surface area contributed by atoms with Gasteiger partial charge in [0.05, 0.1) is 21.6 Å². The van der Waals surface area contributed by atoms with Gasteiger partial charge in [-0.25, -0.2) is 0 Å². The van der Waals surface area contributed by atoms with E-state index in [0.29, 0.717) is 19.9 Å². The second-order valence-electron chi connectivity index (χ2n) is 5.27. The molecule has 0 N–H and O–H groups in total. The van der Waals surface area contributed by atoms with Crippen LogP contribution in [0.5, 0.6) is 0 Å². The van der Waals surface area contributed by atoms with Crippen LogP contribution in [0, 0.1) is 0 Å². The van der Waals surface area contributed by atoms with E-state index in [9.17, 15) is 4.79 Å². The van der Waals surface area contributed by atoms with Gasteiger partial charge in [-0.2, -0.15) is 0 Å². The van der Waals surface area contributed by atoms with Crippen LogP contribution in [-0.4, -0.2) is 20.2 Å². The van der Waals surface area contributed by atoms with E-state index in [1.54, 1.807) is 36.7 Å². The molecule has 122 valence electrons. The van der Waals surface area contributed by atoms with Crippen LogP contribution in [0.15, 0.2) is 59.8 Å². The van der Waals surface area contributed by atoms with E-state index in [-0.39, 0.29) is 5.91 Å². The molecular formula is C18H10ClN3OS2. The molecule has 1 amide bonds. The highest BCUT2D eigenvalue weighted by Crippen LogP contribution is 2.37. The van der Waals surface area contributed by atoms with Crippen molar-refractivity contribution in [3.63, 3.8) is 0 Å². The molecule has 1 aliphatic heterocycles. The SMILES string of the molecule is O=C1/C(=C/c2cccc3nccnc23)SC(=S)N1c1cccc(Cl)c1.